The SMILES string of the molecule is NC(=S)c1ccc(Br)cc1OCC1CCCO1. The van der Waals surface area contributed by atoms with E-state index < -0.39 is 0 Å². The van der Waals surface area contributed by atoms with E-state index in [0.29, 0.717) is 17.3 Å². The van der Waals surface area contributed by atoms with Crippen LogP contribution in [0.3, 0.4) is 0 Å². The van der Waals surface area contributed by atoms with Gasteiger partial charge in [-0.05, 0) is 31.0 Å². The molecule has 1 aliphatic heterocycles. The molecular weight excluding hydrogens is 302 g/mol. The van der Waals surface area contributed by atoms with Gasteiger partial charge in [-0.25, -0.2) is 0 Å². The molecule has 0 spiro atoms. The summed E-state index contributed by atoms with van der Waals surface area (Å²) in [6.45, 7) is 1.38. The number of hydrogen-bond acceptors (Lipinski definition) is 3. The molecule has 1 saturated heterocycles. The van der Waals surface area contributed by atoms with E-state index in [1.54, 1.807) is 0 Å². The third-order valence-corrected chi connectivity index (χ3v) is 3.37. The highest BCUT2D eigenvalue weighted by molar-refractivity contribution is 9.10. The molecule has 92 valence electrons. The second-order valence-electron chi connectivity index (χ2n) is 3.95. The Balaban J connectivity index is 2.07. The lowest BCUT2D eigenvalue weighted by atomic mass is 10.2. The molecule has 0 saturated carbocycles. The van der Waals surface area contributed by atoms with Gasteiger partial charge < -0.3 is 15.2 Å². The lowest BCUT2D eigenvalue weighted by Gasteiger charge is -2.14. The lowest BCUT2D eigenvalue weighted by molar-refractivity contribution is 0.0679. The molecule has 5 heteroatoms. The number of ether oxygens (including phenoxy) is 2. The number of rotatable bonds is 4. The zero-order chi connectivity index (χ0) is 12.3. The van der Waals surface area contributed by atoms with Gasteiger partial charge in [0.1, 0.15) is 17.3 Å². The van der Waals surface area contributed by atoms with Gasteiger partial charge in [-0.1, -0.05) is 28.1 Å². The lowest BCUT2D eigenvalue weighted by Crippen LogP contribution is -2.18. The highest BCUT2D eigenvalue weighted by atomic mass is 79.9. The summed E-state index contributed by atoms with van der Waals surface area (Å²) in [5, 5.41) is 0. The smallest absolute Gasteiger partial charge is 0.130 e. The first-order valence-corrected chi connectivity index (χ1v) is 6.70. The van der Waals surface area contributed by atoms with Gasteiger partial charge >= 0.3 is 0 Å². The molecule has 3 nitrogen and oxygen atoms in total. The zero-order valence-electron chi connectivity index (χ0n) is 9.32. The van der Waals surface area contributed by atoms with Crippen LogP contribution in [0.2, 0.25) is 0 Å². The second kappa shape index (κ2) is 5.80. The fourth-order valence-corrected chi connectivity index (χ4v) is 2.29. The average molecular weight is 316 g/mol. The molecule has 1 fully saturated rings. The molecule has 1 atom stereocenters. The minimum atomic E-state index is 0.188. The maximum atomic E-state index is 5.74. The third-order valence-electron chi connectivity index (χ3n) is 2.66. The van der Waals surface area contributed by atoms with E-state index in [1.165, 1.54) is 0 Å². The van der Waals surface area contributed by atoms with Crippen LogP contribution in [0.1, 0.15) is 18.4 Å². The number of benzene rings is 1. The first-order chi connectivity index (χ1) is 8.16. The third kappa shape index (κ3) is 3.40. The van der Waals surface area contributed by atoms with E-state index in [1.807, 2.05) is 18.2 Å². The van der Waals surface area contributed by atoms with Crippen LogP contribution >= 0.6 is 28.1 Å². The predicted octanol–water partition coefficient (Wildman–Crippen LogP) is 2.64. The van der Waals surface area contributed by atoms with Crippen molar-refractivity contribution in [3.63, 3.8) is 0 Å². The number of hydrogen-bond donors (Lipinski definition) is 1. The molecule has 1 aromatic carbocycles. The summed E-state index contributed by atoms with van der Waals surface area (Å²) in [6, 6.07) is 5.63. The highest BCUT2D eigenvalue weighted by Gasteiger charge is 2.17. The predicted molar refractivity (Wildman–Crippen MR) is 74.5 cm³/mol. The molecule has 0 radical (unpaired) electrons. The Labute approximate surface area is 114 Å². The van der Waals surface area contributed by atoms with Crippen molar-refractivity contribution in [1.82, 2.24) is 0 Å². The van der Waals surface area contributed by atoms with Crippen LogP contribution in [-0.4, -0.2) is 24.3 Å². The van der Waals surface area contributed by atoms with Crippen LogP contribution in [-0.2, 0) is 4.74 Å². The quantitative estimate of drug-likeness (QED) is 0.868. The van der Waals surface area contributed by atoms with Gasteiger partial charge in [0.25, 0.3) is 0 Å². The Morgan fingerprint density at radius 3 is 3.06 bits per heavy atom. The van der Waals surface area contributed by atoms with Gasteiger partial charge in [-0.15, -0.1) is 0 Å². The Hall–Kier alpha value is -0.650. The molecule has 1 aromatic rings. The van der Waals surface area contributed by atoms with Crippen LogP contribution in [0.25, 0.3) is 0 Å². The molecule has 0 aromatic heterocycles. The van der Waals surface area contributed by atoms with Crippen molar-refractivity contribution in [3.8, 4) is 5.75 Å². The minimum Gasteiger partial charge on any atom is -0.490 e. The average Bonchev–Trinajstić information content (AvgIpc) is 2.78. The fourth-order valence-electron chi connectivity index (χ4n) is 1.78. The number of nitrogens with two attached hydrogens (primary N) is 1. The summed E-state index contributed by atoms with van der Waals surface area (Å²) in [5.41, 5.74) is 6.42. The van der Waals surface area contributed by atoms with Crippen molar-refractivity contribution >= 4 is 33.1 Å². The van der Waals surface area contributed by atoms with E-state index in [2.05, 4.69) is 15.9 Å². The van der Waals surface area contributed by atoms with Gasteiger partial charge in [0, 0.05) is 11.1 Å². The van der Waals surface area contributed by atoms with Crippen molar-refractivity contribution < 1.29 is 9.47 Å². The van der Waals surface area contributed by atoms with Crippen LogP contribution in [0.5, 0.6) is 5.75 Å². The van der Waals surface area contributed by atoms with Crippen LogP contribution < -0.4 is 10.5 Å². The zero-order valence-corrected chi connectivity index (χ0v) is 11.7. The summed E-state index contributed by atoms with van der Waals surface area (Å²) in [7, 11) is 0. The first-order valence-electron chi connectivity index (χ1n) is 5.50. The molecule has 2 N–H and O–H groups in total. The molecule has 17 heavy (non-hydrogen) atoms. The van der Waals surface area contributed by atoms with Crippen LogP contribution in [0, 0.1) is 0 Å². The van der Waals surface area contributed by atoms with E-state index >= 15 is 0 Å². The molecule has 0 aliphatic carbocycles. The van der Waals surface area contributed by atoms with Crippen molar-refractivity contribution in [2.24, 2.45) is 5.73 Å². The largest absolute Gasteiger partial charge is 0.490 e. The van der Waals surface area contributed by atoms with Crippen molar-refractivity contribution in [2.75, 3.05) is 13.2 Å². The summed E-state index contributed by atoms with van der Waals surface area (Å²) in [6.07, 6.45) is 2.35. The minimum absolute atomic E-state index is 0.188. The Morgan fingerprint density at radius 2 is 2.41 bits per heavy atom. The molecule has 0 amide bonds. The molecule has 2 rings (SSSR count). The summed E-state index contributed by atoms with van der Waals surface area (Å²) >= 11 is 8.40. The molecule has 1 unspecified atom stereocenters. The summed E-state index contributed by atoms with van der Waals surface area (Å²) in [4.78, 5) is 0.347. The number of thiocarbonyl (C=S) groups is 1. The number of halogens is 1. The Bertz CT molecular complexity index is 419. The second-order valence-corrected chi connectivity index (χ2v) is 5.31. The van der Waals surface area contributed by atoms with Crippen molar-refractivity contribution in [1.29, 1.82) is 0 Å². The van der Waals surface area contributed by atoms with Crippen molar-refractivity contribution in [3.05, 3.63) is 28.2 Å². The van der Waals surface area contributed by atoms with Gasteiger partial charge in [0.2, 0.25) is 0 Å². The van der Waals surface area contributed by atoms with Crippen LogP contribution in [0.4, 0.5) is 0 Å². The fraction of sp³-hybridized carbons (Fsp3) is 0.417. The normalized spacial score (nSPS) is 19.2. The van der Waals surface area contributed by atoms with E-state index in [-0.39, 0.29) is 6.10 Å². The van der Waals surface area contributed by atoms with E-state index in [0.717, 1.165) is 29.5 Å². The van der Waals surface area contributed by atoms with Crippen LogP contribution in [0.15, 0.2) is 22.7 Å². The van der Waals surface area contributed by atoms with E-state index in [9.17, 15) is 0 Å². The topological polar surface area (TPSA) is 44.5 Å². The van der Waals surface area contributed by atoms with Gasteiger partial charge in [-0.2, -0.15) is 0 Å². The van der Waals surface area contributed by atoms with Gasteiger partial charge in [0.15, 0.2) is 0 Å². The van der Waals surface area contributed by atoms with E-state index in [4.69, 9.17) is 27.4 Å². The monoisotopic (exact) mass is 315 g/mol. The molecule has 1 heterocycles. The van der Waals surface area contributed by atoms with Gasteiger partial charge in [-0.3, -0.25) is 0 Å². The van der Waals surface area contributed by atoms with Crippen molar-refractivity contribution in [2.45, 2.75) is 18.9 Å². The first kappa shape index (κ1) is 12.8. The Morgan fingerprint density at radius 1 is 1.59 bits per heavy atom. The maximum Gasteiger partial charge on any atom is 0.130 e. The molecular formula is C12H14BrNO2S. The Kier molecular flexibility index (Phi) is 4.36. The standard InChI is InChI=1S/C12H14BrNO2S/c13-8-3-4-10(12(14)17)11(6-8)16-7-9-2-1-5-15-9/h3-4,6,9H,1-2,5,7H2,(H2,14,17). The summed E-state index contributed by atoms with van der Waals surface area (Å²) in [5.74, 6) is 0.711. The summed E-state index contributed by atoms with van der Waals surface area (Å²) < 4.78 is 12.2. The molecule has 1 aliphatic rings. The molecule has 0 bridgehead atoms. The maximum absolute atomic E-state index is 5.74. The highest BCUT2D eigenvalue weighted by Crippen LogP contribution is 2.25. The van der Waals surface area contributed by atoms with Gasteiger partial charge in [0.05, 0.1) is 11.7 Å².